The lowest BCUT2D eigenvalue weighted by Gasteiger charge is -2.58. The normalized spacial score (nSPS) is 54.3. The summed E-state index contributed by atoms with van der Waals surface area (Å²) in [5, 5.41) is 21.2. The van der Waals surface area contributed by atoms with Crippen LogP contribution in [0, 0.1) is 28.6 Å². The van der Waals surface area contributed by atoms with Gasteiger partial charge in [0.25, 0.3) is 0 Å². The molecule has 3 heteroatoms. The molecule has 3 saturated carbocycles. The molecule has 0 heterocycles. The molecule has 2 N–H and O–H groups in total. The number of aliphatic hydroxyl groups excluding tert-OH is 2. The van der Waals surface area contributed by atoms with Gasteiger partial charge in [-0.3, -0.25) is 4.79 Å². The molecule has 22 heavy (non-hydrogen) atoms. The molecule has 4 aliphatic carbocycles. The third-order valence-corrected chi connectivity index (χ3v) is 7.93. The first-order valence-electron chi connectivity index (χ1n) is 8.97. The van der Waals surface area contributed by atoms with E-state index in [1.165, 1.54) is 0 Å². The van der Waals surface area contributed by atoms with Crippen LogP contribution in [0.5, 0.6) is 0 Å². The van der Waals surface area contributed by atoms with E-state index in [0.29, 0.717) is 24.2 Å². The minimum absolute atomic E-state index is 0.00881. The molecule has 122 valence electrons. The molecule has 3 fully saturated rings. The highest BCUT2D eigenvalue weighted by Gasteiger charge is 2.60. The Hall–Kier alpha value is -0.670. The Labute approximate surface area is 132 Å². The average molecular weight is 304 g/mol. The van der Waals surface area contributed by atoms with Crippen LogP contribution in [0.4, 0.5) is 0 Å². The maximum atomic E-state index is 11.8. The van der Waals surface area contributed by atoms with Crippen LogP contribution in [-0.2, 0) is 4.79 Å². The van der Waals surface area contributed by atoms with Crippen LogP contribution in [0.15, 0.2) is 11.6 Å². The van der Waals surface area contributed by atoms with Crippen molar-refractivity contribution >= 4 is 5.78 Å². The Bertz CT molecular complexity index is 539. The fourth-order valence-electron chi connectivity index (χ4n) is 6.58. The second-order valence-corrected chi connectivity index (χ2v) is 8.75. The lowest BCUT2D eigenvalue weighted by molar-refractivity contribution is -0.120. The molecule has 0 amide bonds. The largest absolute Gasteiger partial charge is 0.393 e. The van der Waals surface area contributed by atoms with Gasteiger partial charge in [-0.25, -0.2) is 0 Å². The number of rotatable bonds is 0. The van der Waals surface area contributed by atoms with Gasteiger partial charge in [0.2, 0.25) is 0 Å². The topological polar surface area (TPSA) is 57.5 Å². The third kappa shape index (κ3) is 1.78. The number of fused-ring (bicyclic) bond motifs is 5. The van der Waals surface area contributed by atoms with Crippen molar-refractivity contribution in [3.05, 3.63) is 11.6 Å². The van der Waals surface area contributed by atoms with Crippen molar-refractivity contribution in [3.63, 3.8) is 0 Å². The molecular formula is C19H28O3. The van der Waals surface area contributed by atoms with Gasteiger partial charge in [-0.2, -0.15) is 0 Å². The van der Waals surface area contributed by atoms with Crippen molar-refractivity contribution in [1.82, 2.24) is 0 Å². The molecule has 0 radical (unpaired) electrons. The van der Waals surface area contributed by atoms with E-state index in [1.54, 1.807) is 6.08 Å². The third-order valence-electron chi connectivity index (χ3n) is 7.93. The average Bonchev–Trinajstić information content (AvgIpc) is 2.77. The van der Waals surface area contributed by atoms with Gasteiger partial charge in [0.1, 0.15) is 0 Å². The molecule has 3 nitrogen and oxygen atoms in total. The fourth-order valence-corrected chi connectivity index (χ4v) is 6.58. The van der Waals surface area contributed by atoms with Crippen molar-refractivity contribution < 1.29 is 15.0 Å². The highest BCUT2D eigenvalue weighted by Crippen LogP contribution is 2.65. The first kappa shape index (κ1) is 14.9. The highest BCUT2D eigenvalue weighted by atomic mass is 16.3. The van der Waals surface area contributed by atoms with Crippen LogP contribution in [0.1, 0.15) is 58.8 Å². The van der Waals surface area contributed by atoms with Crippen LogP contribution in [-0.4, -0.2) is 28.2 Å². The van der Waals surface area contributed by atoms with E-state index in [-0.39, 0.29) is 22.7 Å². The summed E-state index contributed by atoms with van der Waals surface area (Å²) >= 11 is 0. The molecule has 0 aliphatic heterocycles. The van der Waals surface area contributed by atoms with Crippen molar-refractivity contribution in [2.45, 2.75) is 71.0 Å². The highest BCUT2D eigenvalue weighted by molar-refractivity contribution is 5.91. The molecule has 0 aromatic rings. The van der Waals surface area contributed by atoms with Gasteiger partial charge in [-0.05, 0) is 78.8 Å². The van der Waals surface area contributed by atoms with E-state index in [9.17, 15) is 15.0 Å². The van der Waals surface area contributed by atoms with Crippen LogP contribution >= 0.6 is 0 Å². The lowest BCUT2D eigenvalue weighted by atomic mass is 9.47. The van der Waals surface area contributed by atoms with Crippen LogP contribution in [0.25, 0.3) is 0 Å². The smallest absolute Gasteiger partial charge is 0.155 e. The Balaban J connectivity index is 1.73. The maximum Gasteiger partial charge on any atom is 0.155 e. The summed E-state index contributed by atoms with van der Waals surface area (Å²) in [6, 6.07) is 0. The summed E-state index contributed by atoms with van der Waals surface area (Å²) < 4.78 is 0. The molecule has 4 aliphatic rings. The molecular weight excluding hydrogens is 276 g/mol. The zero-order valence-corrected chi connectivity index (χ0v) is 13.7. The van der Waals surface area contributed by atoms with Gasteiger partial charge in [0, 0.05) is 6.42 Å². The van der Waals surface area contributed by atoms with E-state index in [0.717, 1.165) is 44.1 Å². The minimum atomic E-state index is -0.462. The van der Waals surface area contributed by atoms with Crippen molar-refractivity contribution in [3.8, 4) is 0 Å². The maximum absolute atomic E-state index is 11.8. The lowest BCUT2D eigenvalue weighted by Crippen LogP contribution is -2.54. The second kappa shape index (κ2) is 4.67. The van der Waals surface area contributed by atoms with E-state index >= 15 is 0 Å². The summed E-state index contributed by atoms with van der Waals surface area (Å²) in [5.41, 5.74) is 1.04. The molecule has 0 aromatic heterocycles. The Kier molecular flexibility index (Phi) is 3.16. The molecule has 0 spiro atoms. The van der Waals surface area contributed by atoms with Gasteiger partial charge in [-0.15, -0.1) is 0 Å². The monoisotopic (exact) mass is 304 g/mol. The number of hydrogen-bond donors (Lipinski definition) is 2. The Morgan fingerprint density at radius 3 is 2.64 bits per heavy atom. The molecule has 0 saturated heterocycles. The number of carbonyl (C=O) groups is 1. The number of ketones is 1. The SMILES string of the molecule is C[C@@]12CC[C@H]3[C@@H](C[C@H](O)C4=CC(=O)CC[C@@]43C)[C@H]1CC[C@@H]2O. The standard InChI is InChI=1S/C19H28O3/c1-18-7-5-11(20)9-15(18)16(21)10-12-13-3-4-17(22)19(13,2)8-6-14(12)18/h9,12-14,16-17,21-22H,3-8,10H2,1-2H3/t12-,13+,14-,16-,17-,18+,19+/m0/s1. The van der Waals surface area contributed by atoms with Gasteiger partial charge in [-0.1, -0.05) is 13.8 Å². The summed E-state index contributed by atoms with van der Waals surface area (Å²) in [7, 11) is 0. The first-order chi connectivity index (χ1) is 10.4. The molecule has 0 aromatic carbocycles. The predicted molar refractivity (Wildman–Crippen MR) is 84.1 cm³/mol. The second-order valence-electron chi connectivity index (χ2n) is 8.75. The quantitative estimate of drug-likeness (QED) is 0.723. The molecule has 0 unspecified atom stereocenters. The Morgan fingerprint density at radius 1 is 1.09 bits per heavy atom. The number of hydrogen-bond acceptors (Lipinski definition) is 3. The van der Waals surface area contributed by atoms with E-state index < -0.39 is 6.10 Å². The van der Waals surface area contributed by atoms with Gasteiger partial charge >= 0.3 is 0 Å². The number of carbonyl (C=O) groups excluding carboxylic acids is 1. The van der Waals surface area contributed by atoms with Crippen molar-refractivity contribution in [2.24, 2.45) is 28.6 Å². The van der Waals surface area contributed by atoms with E-state index in [4.69, 9.17) is 0 Å². The van der Waals surface area contributed by atoms with Gasteiger partial charge < -0.3 is 10.2 Å². The minimum Gasteiger partial charge on any atom is -0.393 e. The summed E-state index contributed by atoms with van der Waals surface area (Å²) in [4.78, 5) is 11.8. The molecule has 0 bridgehead atoms. The van der Waals surface area contributed by atoms with E-state index in [2.05, 4.69) is 13.8 Å². The first-order valence-corrected chi connectivity index (χ1v) is 8.97. The van der Waals surface area contributed by atoms with Crippen molar-refractivity contribution in [2.75, 3.05) is 0 Å². The van der Waals surface area contributed by atoms with Gasteiger partial charge in [0.05, 0.1) is 12.2 Å². The zero-order valence-electron chi connectivity index (χ0n) is 13.7. The summed E-state index contributed by atoms with van der Waals surface area (Å²) in [6.45, 7) is 4.54. The summed E-state index contributed by atoms with van der Waals surface area (Å²) in [6.07, 6.45) is 7.65. The van der Waals surface area contributed by atoms with Crippen LogP contribution in [0.3, 0.4) is 0 Å². The summed E-state index contributed by atoms with van der Waals surface area (Å²) in [5.74, 6) is 1.79. The zero-order chi connectivity index (χ0) is 15.7. The van der Waals surface area contributed by atoms with Gasteiger partial charge in [0.15, 0.2) is 5.78 Å². The fraction of sp³-hybridized carbons (Fsp3) is 0.842. The van der Waals surface area contributed by atoms with E-state index in [1.807, 2.05) is 0 Å². The Morgan fingerprint density at radius 2 is 1.86 bits per heavy atom. The van der Waals surface area contributed by atoms with Crippen LogP contribution < -0.4 is 0 Å². The van der Waals surface area contributed by atoms with Crippen LogP contribution in [0.2, 0.25) is 0 Å². The number of aliphatic hydroxyl groups is 2. The van der Waals surface area contributed by atoms with Crippen molar-refractivity contribution in [1.29, 1.82) is 0 Å². The predicted octanol–water partition coefficient (Wildman–Crippen LogP) is 2.85. The molecule has 7 atom stereocenters. The molecule has 4 rings (SSSR count).